The summed E-state index contributed by atoms with van der Waals surface area (Å²) in [5, 5.41) is 13.6. The molecule has 2 aromatic rings. The van der Waals surface area contributed by atoms with Crippen LogP contribution >= 0.6 is 0 Å². The number of nitro groups is 1. The van der Waals surface area contributed by atoms with Gasteiger partial charge in [-0.3, -0.25) is 19.8 Å². The van der Waals surface area contributed by atoms with Crippen molar-refractivity contribution in [3.8, 4) is 5.75 Å². The van der Waals surface area contributed by atoms with E-state index in [9.17, 15) is 23.3 Å². The maximum Gasteiger partial charge on any atom is 0.273 e. The van der Waals surface area contributed by atoms with Crippen LogP contribution in [0.3, 0.4) is 0 Å². The molecule has 1 amide bonds. The molecule has 0 aromatic heterocycles. The van der Waals surface area contributed by atoms with E-state index in [0.717, 1.165) is 22.3 Å². The number of hydrogen-bond acceptors (Lipinski definition) is 7. The summed E-state index contributed by atoms with van der Waals surface area (Å²) in [6, 6.07) is 5.96. The van der Waals surface area contributed by atoms with Crippen molar-refractivity contribution in [2.45, 2.75) is 32.6 Å². The van der Waals surface area contributed by atoms with Crippen molar-refractivity contribution in [3.63, 3.8) is 0 Å². The Bertz CT molecular complexity index is 1190. The first-order valence-electron chi connectivity index (χ1n) is 10.9. The van der Waals surface area contributed by atoms with Crippen molar-refractivity contribution in [2.24, 2.45) is 0 Å². The Hall–Kier alpha value is -3.02. The molecule has 1 N–H and O–H groups in total. The van der Waals surface area contributed by atoms with E-state index in [4.69, 9.17) is 4.74 Å². The van der Waals surface area contributed by atoms with Gasteiger partial charge in [0.1, 0.15) is 5.75 Å². The number of nitro benzene ring substituents is 1. The van der Waals surface area contributed by atoms with E-state index in [1.807, 2.05) is 38.7 Å². The lowest BCUT2D eigenvalue weighted by Crippen LogP contribution is -2.50. The minimum atomic E-state index is -3.65. The summed E-state index contributed by atoms with van der Waals surface area (Å²) in [6.07, 6.45) is 0. The number of ether oxygens (including phenoxy) is 1. The number of nitrogens with zero attached hydrogens (tertiary/aromatic N) is 3. The predicted octanol–water partition coefficient (Wildman–Crippen LogP) is 2.78. The molecule has 0 spiro atoms. The van der Waals surface area contributed by atoms with Crippen molar-refractivity contribution in [1.29, 1.82) is 0 Å². The van der Waals surface area contributed by atoms with Crippen LogP contribution < -0.4 is 10.1 Å². The molecule has 1 heterocycles. The number of non-ortho nitro benzene ring substituents is 1. The van der Waals surface area contributed by atoms with E-state index in [2.05, 4.69) is 5.32 Å². The topological polar surface area (TPSA) is 122 Å². The van der Waals surface area contributed by atoms with Crippen LogP contribution in [0.15, 0.2) is 29.2 Å². The van der Waals surface area contributed by atoms with Crippen LogP contribution in [-0.2, 0) is 14.8 Å². The highest BCUT2D eigenvalue weighted by Crippen LogP contribution is 2.30. The third kappa shape index (κ3) is 5.21. The Morgan fingerprint density at radius 1 is 1.06 bits per heavy atom. The Kier molecular flexibility index (Phi) is 7.59. The fraction of sp³-hybridized carbons (Fsp3) is 0.435. The van der Waals surface area contributed by atoms with E-state index in [1.54, 1.807) is 0 Å². The van der Waals surface area contributed by atoms with Gasteiger partial charge in [0, 0.05) is 32.2 Å². The lowest BCUT2D eigenvalue weighted by molar-refractivity contribution is -0.384. The highest BCUT2D eigenvalue weighted by molar-refractivity contribution is 7.89. The summed E-state index contributed by atoms with van der Waals surface area (Å²) in [6.45, 7) is 8.94. The number of piperazine rings is 1. The lowest BCUT2D eigenvalue weighted by Gasteiger charge is -2.34. The van der Waals surface area contributed by atoms with Gasteiger partial charge >= 0.3 is 0 Å². The number of rotatable bonds is 7. The predicted molar refractivity (Wildman–Crippen MR) is 129 cm³/mol. The molecule has 34 heavy (non-hydrogen) atoms. The van der Waals surface area contributed by atoms with Crippen LogP contribution in [0.25, 0.3) is 0 Å². The van der Waals surface area contributed by atoms with Crippen molar-refractivity contribution in [2.75, 3.05) is 45.2 Å². The second kappa shape index (κ2) is 10.1. The molecule has 0 bridgehead atoms. The number of hydrogen-bond donors (Lipinski definition) is 1. The zero-order valence-electron chi connectivity index (χ0n) is 20.0. The Balaban J connectivity index is 1.65. The Morgan fingerprint density at radius 3 is 2.18 bits per heavy atom. The van der Waals surface area contributed by atoms with Crippen molar-refractivity contribution >= 4 is 27.3 Å². The molecule has 2 aromatic carbocycles. The molecular formula is C23H30N4O6S. The molecular weight excluding hydrogens is 460 g/mol. The molecule has 0 radical (unpaired) electrons. The number of aryl methyl sites for hydroxylation is 2. The number of methoxy groups -OCH3 is 1. The second-order valence-corrected chi connectivity index (χ2v) is 10.3. The summed E-state index contributed by atoms with van der Waals surface area (Å²) in [5.41, 5.74) is 3.61. The van der Waals surface area contributed by atoms with E-state index < -0.39 is 14.9 Å². The minimum absolute atomic E-state index is 0.0651. The smallest absolute Gasteiger partial charge is 0.273 e. The Morgan fingerprint density at radius 2 is 1.65 bits per heavy atom. The number of sulfonamides is 1. The van der Waals surface area contributed by atoms with Crippen molar-refractivity contribution < 1.29 is 22.9 Å². The maximum absolute atomic E-state index is 13.4. The van der Waals surface area contributed by atoms with Gasteiger partial charge in [-0.2, -0.15) is 4.31 Å². The fourth-order valence-electron chi connectivity index (χ4n) is 4.11. The summed E-state index contributed by atoms with van der Waals surface area (Å²) < 4.78 is 33.5. The van der Waals surface area contributed by atoms with E-state index >= 15 is 0 Å². The molecule has 11 heteroatoms. The summed E-state index contributed by atoms with van der Waals surface area (Å²) in [7, 11) is -2.29. The monoisotopic (exact) mass is 490 g/mol. The first kappa shape index (κ1) is 25.6. The fourth-order valence-corrected chi connectivity index (χ4v) is 6.11. The molecule has 1 aliphatic heterocycles. The van der Waals surface area contributed by atoms with Crippen molar-refractivity contribution in [1.82, 2.24) is 9.21 Å². The second-order valence-electron chi connectivity index (χ2n) is 8.46. The summed E-state index contributed by atoms with van der Waals surface area (Å²) in [5.74, 6) is -0.123. The molecule has 3 rings (SSSR count). The first-order chi connectivity index (χ1) is 15.9. The summed E-state index contributed by atoms with van der Waals surface area (Å²) >= 11 is 0. The van der Waals surface area contributed by atoms with Gasteiger partial charge in [0.2, 0.25) is 15.9 Å². The van der Waals surface area contributed by atoms with Gasteiger partial charge < -0.3 is 10.1 Å². The largest absolute Gasteiger partial charge is 0.494 e. The van der Waals surface area contributed by atoms with Gasteiger partial charge in [-0.15, -0.1) is 0 Å². The molecule has 10 nitrogen and oxygen atoms in total. The number of anilines is 1. The average Bonchev–Trinajstić information content (AvgIpc) is 2.78. The van der Waals surface area contributed by atoms with Gasteiger partial charge in [0.25, 0.3) is 5.69 Å². The number of nitrogens with one attached hydrogen (secondary N) is 1. The van der Waals surface area contributed by atoms with Gasteiger partial charge in [-0.1, -0.05) is 6.07 Å². The molecule has 1 fully saturated rings. The zero-order chi connectivity index (χ0) is 25.2. The van der Waals surface area contributed by atoms with Gasteiger partial charge in [-0.25, -0.2) is 8.42 Å². The highest BCUT2D eigenvalue weighted by atomic mass is 32.2. The van der Waals surface area contributed by atoms with Gasteiger partial charge in [0.15, 0.2) is 0 Å². The van der Waals surface area contributed by atoms with E-state index in [-0.39, 0.29) is 37.0 Å². The van der Waals surface area contributed by atoms with Crippen LogP contribution in [0.1, 0.15) is 22.3 Å². The number of carbonyl (C=O) groups excluding carboxylic acids is 1. The first-order valence-corrected chi connectivity index (χ1v) is 12.3. The molecule has 1 saturated heterocycles. The minimum Gasteiger partial charge on any atom is -0.494 e. The van der Waals surface area contributed by atoms with E-state index in [0.29, 0.717) is 23.7 Å². The zero-order valence-corrected chi connectivity index (χ0v) is 20.9. The number of benzene rings is 2. The van der Waals surface area contributed by atoms with Crippen LogP contribution in [0.5, 0.6) is 5.75 Å². The third-order valence-electron chi connectivity index (χ3n) is 6.26. The standard InChI is InChI=1S/C23H30N4O6S/c1-15-12-16(2)18(4)23(17(15)3)34(31,32)26-10-8-25(9-11-26)14-22(28)24-20-7-6-19(27(29)30)13-21(20)33-5/h6-7,12-13H,8-11,14H2,1-5H3,(H,24,28). The van der Waals surface area contributed by atoms with Crippen LogP contribution in [-0.4, -0.2) is 68.3 Å². The molecule has 0 aliphatic carbocycles. The average molecular weight is 491 g/mol. The quantitative estimate of drug-likeness (QED) is 0.468. The van der Waals surface area contributed by atoms with Crippen LogP contribution in [0, 0.1) is 37.8 Å². The van der Waals surface area contributed by atoms with Crippen molar-refractivity contribution in [3.05, 3.63) is 56.6 Å². The third-order valence-corrected chi connectivity index (χ3v) is 8.44. The normalized spacial score (nSPS) is 15.2. The molecule has 0 saturated carbocycles. The number of amides is 1. The van der Waals surface area contributed by atoms with Crippen LogP contribution in [0.4, 0.5) is 11.4 Å². The lowest BCUT2D eigenvalue weighted by atomic mass is 10.0. The van der Waals surface area contributed by atoms with Gasteiger partial charge in [0.05, 0.1) is 35.2 Å². The molecule has 0 unspecified atom stereocenters. The SMILES string of the molecule is COc1cc([N+](=O)[O-])ccc1NC(=O)CN1CCN(S(=O)(=O)c2c(C)c(C)cc(C)c2C)CC1. The molecule has 0 atom stereocenters. The molecule has 184 valence electrons. The maximum atomic E-state index is 13.4. The summed E-state index contributed by atoms with van der Waals surface area (Å²) in [4.78, 5) is 25.2. The number of carbonyl (C=O) groups is 1. The molecule has 1 aliphatic rings. The van der Waals surface area contributed by atoms with Gasteiger partial charge in [-0.05, 0) is 56.0 Å². The highest BCUT2D eigenvalue weighted by Gasteiger charge is 2.32. The van der Waals surface area contributed by atoms with Crippen LogP contribution in [0.2, 0.25) is 0 Å². The van der Waals surface area contributed by atoms with E-state index in [1.165, 1.54) is 29.6 Å². The Labute approximate surface area is 199 Å².